The number of esters is 2. The minimum atomic E-state index is -1.16. The van der Waals surface area contributed by atoms with Crippen LogP contribution in [0.15, 0.2) is 24.3 Å². The molecule has 0 radical (unpaired) electrons. The number of amides is 1. The van der Waals surface area contributed by atoms with E-state index in [-0.39, 0.29) is 25.7 Å². The van der Waals surface area contributed by atoms with Crippen molar-refractivity contribution in [2.24, 2.45) is 5.41 Å². The summed E-state index contributed by atoms with van der Waals surface area (Å²) in [6.07, 6.45) is 0. The Hall–Kier alpha value is -2.77. The topological polar surface area (TPSA) is 94.2 Å². The fraction of sp³-hybridized carbons (Fsp3) is 0.438. The number of nitrogens with zero attached hydrogens (tertiary/aromatic N) is 1. The molecule has 1 N–H and O–H groups in total. The zero-order chi connectivity index (χ0) is 17.7. The SMILES string of the molecule is COc1ccc(N2CC(COC(C)=O)(COC(C)=O)C(=O)N2)cc1. The van der Waals surface area contributed by atoms with E-state index in [0.717, 1.165) is 5.69 Å². The Morgan fingerprint density at radius 1 is 1.12 bits per heavy atom. The van der Waals surface area contributed by atoms with Gasteiger partial charge in [-0.3, -0.25) is 24.8 Å². The van der Waals surface area contributed by atoms with E-state index < -0.39 is 17.4 Å². The number of carbonyl (C=O) groups is 3. The van der Waals surface area contributed by atoms with E-state index in [0.29, 0.717) is 5.75 Å². The Morgan fingerprint density at radius 2 is 1.67 bits per heavy atom. The maximum absolute atomic E-state index is 12.5. The monoisotopic (exact) mass is 336 g/mol. The number of carbonyl (C=O) groups excluding carboxylic acids is 3. The first-order valence-corrected chi connectivity index (χ1v) is 7.36. The molecule has 1 amide bonds. The van der Waals surface area contributed by atoms with Gasteiger partial charge in [-0.1, -0.05) is 0 Å². The summed E-state index contributed by atoms with van der Waals surface area (Å²) in [5.74, 6) is -0.697. The van der Waals surface area contributed by atoms with Crippen molar-refractivity contribution in [1.82, 2.24) is 5.43 Å². The van der Waals surface area contributed by atoms with Crippen LogP contribution in [0.1, 0.15) is 13.8 Å². The summed E-state index contributed by atoms with van der Waals surface area (Å²) in [7, 11) is 1.57. The molecule has 0 unspecified atom stereocenters. The predicted molar refractivity (Wildman–Crippen MR) is 84.2 cm³/mol. The second-order valence-electron chi connectivity index (χ2n) is 5.57. The van der Waals surface area contributed by atoms with Gasteiger partial charge in [-0.2, -0.15) is 0 Å². The molecule has 2 rings (SSSR count). The Morgan fingerprint density at radius 3 is 2.12 bits per heavy atom. The summed E-state index contributed by atoms with van der Waals surface area (Å²) in [5.41, 5.74) is 2.29. The summed E-state index contributed by atoms with van der Waals surface area (Å²) >= 11 is 0. The van der Waals surface area contributed by atoms with Gasteiger partial charge in [0.1, 0.15) is 24.4 Å². The summed E-state index contributed by atoms with van der Waals surface area (Å²) in [5, 5.41) is 1.62. The summed E-state index contributed by atoms with van der Waals surface area (Å²) in [6, 6.07) is 7.10. The van der Waals surface area contributed by atoms with Gasteiger partial charge in [-0.05, 0) is 24.3 Å². The molecule has 1 heterocycles. The van der Waals surface area contributed by atoms with Crippen LogP contribution in [-0.2, 0) is 23.9 Å². The molecule has 130 valence electrons. The number of ether oxygens (including phenoxy) is 3. The van der Waals surface area contributed by atoms with Crippen molar-refractivity contribution in [1.29, 1.82) is 0 Å². The average Bonchev–Trinajstić information content (AvgIpc) is 2.88. The normalized spacial score (nSPS) is 15.6. The van der Waals surface area contributed by atoms with Gasteiger partial charge in [0.05, 0.1) is 19.3 Å². The molecule has 1 aliphatic heterocycles. The molecule has 0 aromatic heterocycles. The van der Waals surface area contributed by atoms with E-state index in [9.17, 15) is 14.4 Å². The summed E-state index contributed by atoms with van der Waals surface area (Å²) in [6.45, 7) is 2.36. The minimum absolute atomic E-state index is 0.173. The van der Waals surface area contributed by atoms with E-state index in [1.54, 1.807) is 36.4 Å². The lowest BCUT2D eigenvalue weighted by Crippen LogP contribution is -2.42. The number of hydrazine groups is 1. The number of anilines is 1. The Kier molecular flexibility index (Phi) is 5.28. The molecule has 1 aromatic rings. The zero-order valence-electron chi connectivity index (χ0n) is 13.8. The predicted octanol–water partition coefficient (Wildman–Crippen LogP) is 0.659. The lowest BCUT2D eigenvalue weighted by molar-refractivity contribution is -0.154. The number of hydrogen-bond donors (Lipinski definition) is 1. The van der Waals surface area contributed by atoms with E-state index in [1.165, 1.54) is 13.8 Å². The zero-order valence-corrected chi connectivity index (χ0v) is 13.8. The smallest absolute Gasteiger partial charge is 0.302 e. The van der Waals surface area contributed by atoms with Crippen molar-refractivity contribution in [3.8, 4) is 5.75 Å². The third-order valence-electron chi connectivity index (χ3n) is 3.67. The van der Waals surface area contributed by atoms with Crippen LogP contribution in [0, 0.1) is 5.41 Å². The highest BCUT2D eigenvalue weighted by Gasteiger charge is 2.49. The average molecular weight is 336 g/mol. The van der Waals surface area contributed by atoms with Gasteiger partial charge >= 0.3 is 11.9 Å². The van der Waals surface area contributed by atoms with Crippen LogP contribution in [0.3, 0.4) is 0 Å². The molecule has 24 heavy (non-hydrogen) atoms. The quantitative estimate of drug-likeness (QED) is 0.763. The highest BCUT2D eigenvalue weighted by molar-refractivity contribution is 5.89. The lowest BCUT2D eigenvalue weighted by Gasteiger charge is -2.25. The van der Waals surface area contributed by atoms with Crippen molar-refractivity contribution in [2.75, 3.05) is 31.9 Å². The maximum Gasteiger partial charge on any atom is 0.302 e. The Bertz CT molecular complexity index is 610. The fourth-order valence-electron chi connectivity index (χ4n) is 2.32. The largest absolute Gasteiger partial charge is 0.497 e. The van der Waals surface area contributed by atoms with E-state index >= 15 is 0 Å². The van der Waals surface area contributed by atoms with Crippen molar-refractivity contribution in [3.63, 3.8) is 0 Å². The molecule has 0 spiro atoms. The van der Waals surface area contributed by atoms with Gasteiger partial charge in [0, 0.05) is 13.8 Å². The molecule has 8 nitrogen and oxygen atoms in total. The minimum Gasteiger partial charge on any atom is -0.497 e. The number of methoxy groups -OCH3 is 1. The number of benzene rings is 1. The van der Waals surface area contributed by atoms with Crippen molar-refractivity contribution < 1.29 is 28.6 Å². The van der Waals surface area contributed by atoms with Crippen molar-refractivity contribution >= 4 is 23.5 Å². The van der Waals surface area contributed by atoms with Gasteiger partial charge in [0.15, 0.2) is 0 Å². The molecule has 1 fully saturated rings. The molecule has 1 aliphatic rings. The molecule has 1 aromatic carbocycles. The van der Waals surface area contributed by atoms with E-state index in [1.807, 2.05) is 0 Å². The second kappa shape index (κ2) is 7.20. The lowest BCUT2D eigenvalue weighted by atomic mass is 9.90. The van der Waals surface area contributed by atoms with Gasteiger partial charge in [-0.15, -0.1) is 0 Å². The van der Waals surface area contributed by atoms with E-state index in [4.69, 9.17) is 14.2 Å². The first-order chi connectivity index (χ1) is 11.4. The summed E-state index contributed by atoms with van der Waals surface area (Å²) < 4.78 is 15.1. The molecule has 8 heteroatoms. The van der Waals surface area contributed by atoms with Crippen LogP contribution in [0.5, 0.6) is 5.75 Å². The first-order valence-electron chi connectivity index (χ1n) is 7.36. The molecular weight excluding hydrogens is 316 g/mol. The highest BCUT2D eigenvalue weighted by atomic mass is 16.5. The number of nitrogens with one attached hydrogen (secondary N) is 1. The maximum atomic E-state index is 12.5. The van der Waals surface area contributed by atoms with Crippen LogP contribution in [0.25, 0.3) is 0 Å². The van der Waals surface area contributed by atoms with Crippen LogP contribution in [-0.4, -0.2) is 44.7 Å². The summed E-state index contributed by atoms with van der Waals surface area (Å²) in [4.78, 5) is 34.7. The van der Waals surface area contributed by atoms with Gasteiger partial charge < -0.3 is 14.2 Å². The first kappa shape index (κ1) is 17.6. The highest BCUT2D eigenvalue weighted by Crippen LogP contribution is 2.30. The van der Waals surface area contributed by atoms with Gasteiger partial charge in [-0.25, -0.2) is 0 Å². The standard InChI is InChI=1S/C16H20N2O6/c1-11(19)23-9-16(10-24-12(2)20)8-18(17-15(16)21)13-4-6-14(22-3)7-5-13/h4-7H,8-10H2,1-3H3,(H,17,21). The van der Waals surface area contributed by atoms with E-state index in [2.05, 4.69) is 5.43 Å². The molecule has 0 saturated carbocycles. The number of rotatable bonds is 6. The van der Waals surface area contributed by atoms with Crippen LogP contribution >= 0.6 is 0 Å². The third-order valence-corrected chi connectivity index (χ3v) is 3.67. The Labute approximate surface area is 139 Å². The van der Waals surface area contributed by atoms with Gasteiger partial charge in [0.25, 0.3) is 5.91 Å². The third kappa shape index (κ3) is 3.95. The van der Waals surface area contributed by atoms with Crippen LogP contribution in [0.4, 0.5) is 5.69 Å². The molecular formula is C16H20N2O6. The molecule has 0 aliphatic carbocycles. The van der Waals surface area contributed by atoms with Crippen LogP contribution < -0.4 is 15.2 Å². The van der Waals surface area contributed by atoms with Crippen molar-refractivity contribution in [2.45, 2.75) is 13.8 Å². The second-order valence-corrected chi connectivity index (χ2v) is 5.57. The molecule has 0 atom stereocenters. The fourth-order valence-corrected chi connectivity index (χ4v) is 2.32. The van der Waals surface area contributed by atoms with Crippen molar-refractivity contribution in [3.05, 3.63) is 24.3 Å². The molecule has 0 bridgehead atoms. The number of hydrogen-bond acceptors (Lipinski definition) is 7. The molecule has 1 saturated heterocycles. The van der Waals surface area contributed by atoms with Gasteiger partial charge in [0.2, 0.25) is 0 Å². The Balaban J connectivity index is 2.18. The van der Waals surface area contributed by atoms with Crippen LogP contribution in [0.2, 0.25) is 0 Å².